The minimum Gasteiger partial charge on any atom is -0.444 e. The van der Waals surface area contributed by atoms with Gasteiger partial charge in [0.05, 0.1) is 0 Å². The molecule has 0 aromatic heterocycles. The highest BCUT2D eigenvalue weighted by molar-refractivity contribution is 5.92. The Morgan fingerprint density at radius 2 is 1.43 bits per heavy atom. The minimum atomic E-state index is -0.911. The molecular weight excluding hydrogens is 550 g/mol. The Morgan fingerprint density at radius 1 is 0.795 bits per heavy atom. The Kier molecular flexibility index (Phi) is 16.0. The molecule has 7 heteroatoms. The number of ether oxygens (including phenoxy) is 1. The average molecular weight is 608 g/mol. The summed E-state index contributed by atoms with van der Waals surface area (Å²) in [6, 6.07) is 15.8. The Hall–Kier alpha value is -3.35. The molecule has 3 unspecified atom stereocenters. The Labute approximate surface area is 266 Å². The first-order chi connectivity index (χ1) is 21.0. The number of hydrogen-bond donors (Lipinski definition) is 2. The molecule has 0 saturated heterocycles. The first-order valence-electron chi connectivity index (χ1n) is 16.7. The Bertz CT molecular complexity index is 1130. The molecule has 3 amide bonds. The van der Waals surface area contributed by atoms with E-state index in [2.05, 4.69) is 31.4 Å². The zero-order valence-corrected chi connectivity index (χ0v) is 28.3. The minimum absolute atomic E-state index is 0.0316. The van der Waals surface area contributed by atoms with Gasteiger partial charge in [-0.2, -0.15) is 0 Å². The van der Waals surface area contributed by atoms with Crippen LogP contribution in [0.2, 0.25) is 0 Å². The number of nitrogens with one attached hydrogen (secondary N) is 2. The second-order valence-corrected chi connectivity index (χ2v) is 12.9. The highest BCUT2D eigenvalue weighted by Crippen LogP contribution is 2.26. The number of amides is 3. The summed E-state index contributed by atoms with van der Waals surface area (Å²) in [7, 11) is 0. The first-order valence-corrected chi connectivity index (χ1v) is 16.7. The van der Waals surface area contributed by atoms with Crippen LogP contribution in [0.15, 0.2) is 54.6 Å². The summed E-state index contributed by atoms with van der Waals surface area (Å²) in [6.45, 7) is 14.2. The van der Waals surface area contributed by atoms with Crippen LogP contribution in [0.3, 0.4) is 0 Å². The monoisotopic (exact) mass is 607 g/mol. The molecule has 2 rings (SSSR count). The largest absolute Gasteiger partial charge is 0.444 e. The molecule has 44 heavy (non-hydrogen) atoms. The molecule has 0 radical (unpaired) electrons. The van der Waals surface area contributed by atoms with Crippen molar-refractivity contribution in [1.82, 2.24) is 15.5 Å². The molecule has 0 fully saturated rings. The van der Waals surface area contributed by atoms with Gasteiger partial charge in [0.2, 0.25) is 11.8 Å². The van der Waals surface area contributed by atoms with Gasteiger partial charge in [-0.3, -0.25) is 9.59 Å². The van der Waals surface area contributed by atoms with Crippen LogP contribution in [-0.4, -0.2) is 47.0 Å². The van der Waals surface area contributed by atoms with Crippen LogP contribution in [0.4, 0.5) is 4.79 Å². The van der Waals surface area contributed by atoms with Crippen molar-refractivity contribution < 1.29 is 19.1 Å². The molecule has 7 nitrogen and oxygen atoms in total. The number of aryl methyl sites for hydroxylation is 1. The molecule has 0 bridgehead atoms. The van der Waals surface area contributed by atoms with E-state index in [1.54, 1.807) is 25.7 Å². The number of hydrogen-bond acceptors (Lipinski definition) is 4. The molecule has 0 aliphatic rings. The van der Waals surface area contributed by atoms with Gasteiger partial charge in [-0.05, 0) is 63.6 Å². The zero-order valence-electron chi connectivity index (χ0n) is 28.3. The van der Waals surface area contributed by atoms with Crippen LogP contribution in [0.5, 0.6) is 0 Å². The van der Waals surface area contributed by atoms with Gasteiger partial charge in [0.15, 0.2) is 0 Å². The zero-order chi connectivity index (χ0) is 32.5. The summed E-state index contributed by atoms with van der Waals surface area (Å²) in [5.41, 5.74) is 2.11. The van der Waals surface area contributed by atoms with E-state index in [1.165, 1.54) is 6.42 Å². The van der Waals surface area contributed by atoms with Gasteiger partial charge in [-0.15, -0.1) is 0 Å². The van der Waals surface area contributed by atoms with E-state index in [4.69, 9.17) is 4.74 Å². The van der Waals surface area contributed by atoms with Crippen molar-refractivity contribution in [3.8, 4) is 0 Å². The van der Waals surface area contributed by atoms with Gasteiger partial charge < -0.3 is 20.3 Å². The predicted octanol–water partition coefficient (Wildman–Crippen LogP) is 7.92. The number of alkyl carbamates (subject to hydrolysis) is 1. The summed E-state index contributed by atoms with van der Waals surface area (Å²) in [5.74, 6) is -0.499. The van der Waals surface area contributed by atoms with E-state index in [-0.39, 0.29) is 24.3 Å². The lowest BCUT2D eigenvalue weighted by molar-refractivity contribution is -0.142. The highest BCUT2D eigenvalue weighted by atomic mass is 16.6. The maximum absolute atomic E-state index is 14.6. The molecule has 0 heterocycles. The Morgan fingerprint density at radius 3 is 2.02 bits per heavy atom. The van der Waals surface area contributed by atoms with Gasteiger partial charge >= 0.3 is 6.09 Å². The second kappa shape index (κ2) is 19.1. The maximum atomic E-state index is 14.6. The van der Waals surface area contributed by atoms with Crippen LogP contribution in [-0.2, 0) is 27.2 Å². The molecule has 0 spiro atoms. The van der Waals surface area contributed by atoms with E-state index < -0.39 is 23.8 Å². The number of carbonyl (C=O) groups is 3. The van der Waals surface area contributed by atoms with Crippen LogP contribution < -0.4 is 10.6 Å². The standard InChI is InChI=1S/C37H57N3O4/c1-8-11-12-13-14-18-26-40(33(34(41)38-28(4)19-9-2)31-24-22-29(10-3)23-25-31)35(42)32(27-30-20-16-15-17-21-30)39-36(43)44-37(5,6)7/h15-17,20-25,28,32-33H,8-14,18-19,26-27H2,1-7H3,(H,38,41)(H,39,43). The van der Waals surface area contributed by atoms with Crippen molar-refractivity contribution in [2.45, 2.75) is 136 Å². The highest BCUT2D eigenvalue weighted by Gasteiger charge is 2.36. The average Bonchev–Trinajstić information content (AvgIpc) is 2.97. The predicted molar refractivity (Wildman–Crippen MR) is 179 cm³/mol. The third-order valence-electron chi connectivity index (χ3n) is 7.68. The fraction of sp³-hybridized carbons (Fsp3) is 0.595. The fourth-order valence-electron chi connectivity index (χ4n) is 5.36. The van der Waals surface area contributed by atoms with Crippen molar-refractivity contribution >= 4 is 17.9 Å². The van der Waals surface area contributed by atoms with Crippen LogP contribution in [0.1, 0.15) is 123 Å². The first kappa shape index (κ1) is 36.8. The van der Waals surface area contributed by atoms with E-state index in [1.807, 2.05) is 61.5 Å². The van der Waals surface area contributed by atoms with Crippen LogP contribution in [0.25, 0.3) is 0 Å². The third-order valence-corrected chi connectivity index (χ3v) is 7.68. The number of nitrogens with zero attached hydrogens (tertiary/aromatic N) is 1. The lowest BCUT2D eigenvalue weighted by atomic mass is 9.98. The van der Waals surface area contributed by atoms with E-state index >= 15 is 0 Å². The third kappa shape index (κ3) is 13.1. The van der Waals surface area contributed by atoms with Gasteiger partial charge in [0.25, 0.3) is 0 Å². The summed E-state index contributed by atoms with van der Waals surface area (Å²) in [5, 5.41) is 6.04. The quantitative estimate of drug-likeness (QED) is 0.169. The number of rotatable bonds is 18. The van der Waals surface area contributed by atoms with E-state index in [0.29, 0.717) is 6.54 Å². The van der Waals surface area contributed by atoms with Gasteiger partial charge in [0.1, 0.15) is 17.7 Å². The molecule has 0 saturated carbocycles. The van der Waals surface area contributed by atoms with Crippen molar-refractivity contribution in [2.24, 2.45) is 0 Å². The molecule has 2 N–H and O–H groups in total. The molecule has 0 aliphatic heterocycles. The van der Waals surface area contributed by atoms with Crippen molar-refractivity contribution in [2.75, 3.05) is 6.54 Å². The summed E-state index contributed by atoms with van der Waals surface area (Å²) in [4.78, 5) is 43.4. The number of benzene rings is 2. The van der Waals surface area contributed by atoms with Crippen molar-refractivity contribution in [3.63, 3.8) is 0 Å². The van der Waals surface area contributed by atoms with E-state index in [9.17, 15) is 14.4 Å². The summed E-state index contributed by atoms with van der Waals surface area (Å²) in [6.07, 6.45) is 8.59. The van der Waals surface area contributed by atoms with Crippen LogP contribution >= 0.6 is 0 Å². The fourth-order valence-corrected chi connectivity index (χ4v) is 5.36. The van der Waals surface area contributed by atoms with E-state index in [0.717, 1.165) is 68.1 Å². The van der Waals surface area contributed by atoms with Crippen LogP contribution in [0, 0.1) is 0 Å². The van der Waals surface area contributed by atoms with Crippen molar-refractivity contribution in [1.29, 1.82) is 0 Å². The molecule has 0 aliphatic carbocycles. The van der Waals surface area contributed by atoms with Gasteiger partial charge in [-0.1, -0.05) is 114 Å². The smallest absolute Gasteiger partial charge is 0.408 e. The number of carbonyl (C=O) groups excluding carboxylic acids is 3. The topological polar surface area (TPSA) is 87.7 Å². The molecule has 244 valence electrons. The SMILES string of the molecule is CCCCCCCCN(C(=O)C(Cc1ccccc1)NC(=O)OC(C)(C)C)C(C(=O)NC(C)CCC)c1ccc(CC)cc1. The lowest BCUT2D eigenvalue weighted by Crippen LogP contribution is -2.54. The molecule has 3 atom stereocenters. The second-order valence-electron chi connectivity index (χ2n) is 12.9. The normalized spacial score (nSPS) is 13.4. The molecular formula is C37H57N3O4. The van der Waals surface area contributed by atoms with Crippen molar-refractivity contribution in [3.05, 3.63) is 71.3 Å². The summed E-state index contributed by atoms with van der Waals surface area (Å²) < 4.78 is 5.57. The Balaban J connectivity index is 2.54. The van der Waals surface area contributed by atoms with Gasteiger partial charge in [-0.25, -0.2) is 4.79 Å². The molecule has 2 aromatic carbocycles. The summed E-state index contributed by atoms with van der Waals surface area (Å²) >= 11 is 0. The lowest BCUT2D eigenvalue weighted by Gasteiger charge is -2.35. The number of unbranched alkanes of at least 4 members (excludes halogenated alkanes) is 5. The molecule has 2 aromatic rings. The van der Waals surface area contributed by atoms with Gasteiger partial charge in [0, 0.05) is 19.0 Å². The maximum Gasteiger partial charge on any atom is 0.408 e.